The van der Waals surface area contributed by atoms with Gasteiger partial charge >= 0.3 is 5.97 Å². The molecule has 1 heterocycles. The zero-order chi connectivity index (χ0) is 20.5. The SMILES string of the molecule is COCCNC(=O)[C@H](C)OC(=O)c1ccccc1CSc1nc(C)cc(C)n1. The fourth-order valence-electron chi connectivity index (χ4n) is 2.44. The number of carbonyl (C=O) groups excluding carboxylic acids is 2. The Morgan fingerprint density at radius 3 is 2.54 bits per heavy atom. The minimum atomic E-state index is -0.896. The normalized spacial score (nSPS) is 11.7. The Kier molecular flexibility index (Phi) is 8.41. The third kappa shape index (κ3) is 6.61. The maximum atomic E-state index is 12.6. The predicted octanol–water partition coefficient (Wildman–Crippen LogP) is 2.69. The molecule has 7 nitrogen and oxygen atoms in total. The Hall–Kier alpha value is -2.45. The number of hydrogen-bond acceptors (Lipinski definition) is 7. The number of thioether (sulfide) groups is 1. The Bertz CT molecular complexity index is 809. The van der Waals surface area contributed by atoms with Crippen LogP contribution in [-0.2, 0) is 20.0 Å². The lowest BCUT2D eigenvalue weighted by Crippen LogP contribution is -2.37. The minimum absolute atomic E-state index is 0.360. The second kappa shape index (κ2) is 10.8. The number of hydrogen-bond donors (Lipinski definition) is 1. The van der Waals surface area contributed by atoms with Crippen LogP contribution in [0.5, 0.6) is 0 Å². The summed E-state index contributed by atoms with van der Waals surface area (Å²) in [5.74, 6) is -0.379. The summed E-state index contributed by atoms with van der Waals surface area (Å²) in [5.41, 5.74) is 3.02. The van der Waals surface area contributed by atoms with Gasteiger partial charge in [0.05, 0.1) is 12.2 Å². The maximum Gasteiger partial charge on any atom is 0.339 e. The fourth-order valence-corrected chi connectivity index (χ4v) is 3.40. The van der Waals surface area contributed by atoms with E-state index in [1.54, 1.807) is 26.2 Å². The van der Waals surface area contributed by atoms with E-state index in [1.165, 1.54) is 11.8 Å². The van der Waals surface area contributed by atoms with Crippen LogP contribution in [0.2, 0.25) is 0 Å². The molecule has 1 aromatic heterocycles. The highest BCUT2D eigenvalue weighted by Gasteiger charge is 2.20. The second-order valence-corrected chi connectivity index (χ2v) is 7.15. The van der Waals surface area contributed by atoms with Crippen LogP contribution in [-0.4, -0.2) is 48.2 Å². The van der Waals surface area contributed by atoms with E-state index in [1.807, 2.05) is 32.0 Å². The first-order valence-electron chi connectivity index (χ1n) is 8.91. The van der Waals surface area contributed by atoms with Gasteiger partial charge in [-0.05, 0) is 38.5 Å². The van der Waals surface area contributed by atoms with Gasteiger partial charge in [0.2, 0.25) is 0 Å². The lowest BCUT2D eigenvalue weighted by Gasteiger charge is -2.15. The number of nitrogens with zero attached hydrogens (tertiary/aromatic N) is 2. The third-order valence-corrected chi connectivity index (χ3v) is 4.71. The molecule has 28 heavy (non-hydrogen) atoms. The van der Waals surface area contributed by atoms with E-state index in [0.29, 0.717) is 29.6 Å². The van der Waals surface area contributed by atoms with E-state index >= 15 is 0 Å². The number of carbonyl (C=O) groups is 2. The van der Waals surface area contributed by atoms with Gasteiger partial charge in [-0.25, -0.2) is 14.8 Å². The van der Waals surface area contributed by atoms with Crippen LogP contribution < -0.4 is 5.32 Å². The molecular weight excluding hydrogens is 378 g/mol. The number of rotatable bonds is 9. The standard InChI is InChI=1S/C20H25N3O4S/c1-13-11-14(2)23-20(22-13)28-12-16-7-5-6-8-17(16)19(25)27-15(3)18(24)21-9-10-26-4/h5-8,11,15H,9-10,12H2,1-4H3,(H,21,24)/t15-/m0/s1. The summed E-state index contributed by atoms with van der Waals surface area (Å²) in [4.78, 5) is 33.3. The maximum absolute atomic E-state index is 12.6. The number of ether oxygens (including phenoxy) is 2. The molecule has 0 spiro atoms. The lowest BCUT2D eigenvalue weighted by molar-refractivity contribution is -0.129. The molecular formula is C20H25N3O4S. The van der Waals surface area contributed by atoms with Gasteiger partial charge in [-0.2, -0.15) is 0 Å². The molecule has 8 heteroatoms. The van der Waals surface area contributed by atoms with E-state index in [9.17, 15) is 9.59 Å². The van der Waals surface area contributed by atoms with Crippen molar-refractivity contribution in [3.8, 4) is 0 Å². The highest BCUT2D eigenvalue weighted by Crippen LogP contribution is 2.23. The predicted molar refractivity (Wildman–Crippen MR) is 107 cm³/mol. The van der Waals surface area contributed by atoms with Gasteiger partial charge in [0.25, 0.3) is 5.91 Å². The van der Waals surface area contributed by atoms with Gasteiger partial charge < -0.3 is 14.8 Å². The van der Waals surface area contributed by atoms with Crippen LogP contribution in [0.4, 0.5) is 0 Å². The van der Waals surface area contributed by atoms with Crippen LogP contribution in [0.1, 0.15) is 34.2 Å². The monoisotopic (exact) mass is 403 g/mol. The van der Waals surface area contributed by atoms with Crippen molar-refractivity contribution in [1.82, 2.24) is 15.3 Å². The van der Waals surface area contributed by atoms with Gasteiger partial charge in [0, 0.05) is 30.8 Å². The summed E-state index contributed by atoms with van der Waals surface area (Å²) in [6.07, 6.45) is -0.896. The largest absolute Gasteiger partial charge is 0.449 e. The van der Waals surface area contributed by atoms with Crippen LogP contribution in [0.15, 0.2) is 35.5 Å². The molecule has 150 valence electrons. The molecule has 0 aliphatic carbocycles. The fraction of sp³-hybridized carbons (Fsp3) is 0.400. The number of aryl methyl sites for hydroxylation is 2. The van der Waals surface area contributed by atoms with Crippen molar-refractivity contribution in [1.29, 1.82) is 0 Å². The Balaban J connectivity index is 2.02. The quantitative estimate of drug-likeness (QED) is 0.298. The molecule has 0 aliphatic rings. The van der Waals surface area contributed by atoms with Crippen LogP contribution in [0, 0.1) is 13.8 Å². The molecule has 0 saturated heterocycles. The summed E-state index contributed by atoms with van der Waals surface area (Å²) < 4.78 is 10.2. The molecule has 0 unspecified atom stereocenters. The summed E-state index contributed by atoms with van der Waals surface area (Å²) in [6.45, 7) is 6.14. The van der Waals surface area contributed by atoms with Crippen molar-refractivity contribution in [3.63, 3.8) is 0 Å². The molecule has 0 aliphatic heterocycles. The Morgan fingerprint density at radius 1 is 1.18 bits per heavy atom. The topological polar surface area (TPSA) is 90.4 Å². The van der Waals surface area contributed by atoms with Crippen molar-refractivity contribution in [3.05, 3.63) is 52.8 Å². The molecule has 1 aromatic carbocycles. The number of esters is 1. The number of methoxy groups -OCH3 is 1. The molecule has 1 atom stereocenters. The smallest absolute Gasteiger partial charge is 0.339 e. The average molecular weight is 404 g/mol. The highest BCUT2D eigenvalue weighted by molar-refractivity contribution is 7.98. The second-order valence-electron chi connectivity index (χ2n) is 6.21. The summed E-state index contributed by atoms with van der Waals surface area (Å²) in [7, 11) is 1.55. The van der Waals surface area contributed by atoms with Crippen molar-refractivity contribution in [2.45, 2.75) is 37.8 Å². The molecule has 0 bridgehead atoms. The van der Waals surface area contributed by atoms with E-state index < -0.39 is 12.1 Å². The summed E-state index contributed by atoms with van der Waals surface area (Å²) >= 11 is 1.45. The Morgan fingerprint density at radius 2 is 1.86 bits per heavy atom. The molecule has 2 aromatic rings. The van der Waals surface area contributed by atoms with Crippen LogP contribution in [0.25, 0.3) is 0 Å². The van der Waals surface area contributed by atoms with Crippen molar-refractivity contribution in [2.24, 2.45) is 0 Å². The van der Waals surface area contributed by atoms with Crippen LogP contribution >= 0.6 is 11.8 Å². The molecule has 2 rings (SSSR count). The zero-order valence-corrected chi connectivity index (χ0v) is 17.3. The number of amides is 1. The summed E-state index contributed by atoms with van der Waals surface area (Å²) in [6, 6.07) is 9.08. The van der Waals surface area contributed by atoms with E-state index in [2.05, 4.69) is 15.3 Å². The van der Waals surface area contributed by atoms with Gasteiger partial charge in [-0.1, -0.05) is 30.0 Å². The molecule has 1 N–H and O–H groups in total. The molecule has 0 radical (unpaired) electrons. The highest BCUT2D eigenvalue weighted by atomic mass is 32.2. The lowest BCUT2D eigenvalue weighted by atomic mass is 10.1. The van der Waals surface area contributed by atoms with Crippen molar-refractivity contribution in [2.75, 3.05) is 20.3 Å². The third-order valence-electron chi connectivity index (χ3n) is 3.81. The minimum Gasteiger partial charge on any atom is -0.449 e. The number of benzene rings is 1. The van der Waals surface area contributed by atoms with Crippen LogP contribution in [0.3, 0.4) is 0 Å². The number of aromatic nitrogens is 2. The summed E-state index contributed by atoms with van der Waals surface area (Å²) in [5, 5.41) is 3.31. The molecule has 0 fully saturated rings. The average Bonchev–Trinajstić information content (AvgIpc) is 2.66. The number of nitrogens with one attached hydrogen (secondary N) is 1. The van der Waals surface area contributed by atoms with E-state index in [0.717, 1.165) is 17.0 Å². The van der Waals surface area contributed by atoms with Crippen molar-refractivity contribution >= 4 is 23.6 Å². The Labute approximate surface area is 169 Å². The molecule has 0 saturated carbocycles. The van der Waals surface area contributed by atoms with Gasteiger partial charge in [-0.15, -0.1) is 0 Å². The van der Waals surface area contributed by atoms with Gasteiger partial charge in [0.1, 0.15) is 0 Å². The first-order valence-corrected chi connectivity index (χ1v) is 9.90. The van der Waals surface area contributed by atoms with E-state index in [4.69, 9.17) is 9.47 Å². The first-order chi connectivity index (χ1) is 13.4. The van der Waals surface area contributed by atoms with E-state index in [-0.39, 0.29) is 5.91 Å². The first kappa shape index (κ1) is 21.8. The zero-order valence-electron chi connectivity index (χ0n) is 16.5. The van der Waals surface area contributed by atoms with Gasteiger partial charge in [-0.3, -0.25) is 4.79 Å². The van der Waals surface area contributed by atoms with Gasteiger partial charge in [0.15, 0.2) is 11.3 Å². The molecule has 1 amide bonds. The van der Waals surface area contributed by atoms with Crippen molar-refractivity contribution < 1.29 is 19.1 Å².